The molecule has 0 saturated heterocycles. The summed E-state index contributed by atoms with van der Waals surface area (Å²) in [4.78, 5) is 12.2. The number of carbonyl (C=O) groups is 1. The topological polar surface area (TPSA) is 75.7 Å². The molecule has 0 radical (unpaired) electrons. The van der Waals surface area contributed by atoms with Crippen LogP contribution in [-0.2, 0) is 21.3 Å². The highest BCUT2D eigenvalue weighted by molar-refractivity contribution is 7.92. The first-order valence-electron chi connectivity index (χ1n) is 9.72. The number of aryl methyl sites for hydroxylation is 2. The summed E-state index contributed by atoms with van der Waals surface area (Å²) in [7, 11) is -3.45. The van der Waals surface area contributed by atoms with E-state index < -0.39 is 10.0 Å². The van der Waals surface area contributed by atoms with E-state index in [0.29, 0.717) is 31.0 Å². The van der Waals surface area contributed by atoms with Gasteiger partial charge in [-0.05, 0) is 68.1 Å². The Kier molecular flexibility index (Phi) is 8.22. The minimum atomic E-state index is -3.45. The van der Waals surface area contributed by atoms with Gasteiger partial charge in [0.05, 0.1) is 18.5 Å². The number of nitrogens with zero attached hydrogens (tertiary/aromatic N) is 1. The third-order valence-electron chi connectivity index (χ3n) is 4.68. The number of hydrogen-bond acceptors (Lipinski definition) is 4. The van der Waals surface area contributed by atoms with Gasteiger partial charge in [0.2, 0.25) is 10.0 Å². The van der Waals surface area contributed by atoms with Crippen LogP contribution in [0, 0.1) is 13.8 Å². The van der Waals surface area contributed by atoms with Crippen LogP contribution in [0.4, 0.5) is 5.69 Å². The van der Waals surface area contributed by atoms with E-state index in [2.05, 4.69) is 5.32 Å². The van der Waals surface area contributed by atoms with E-state index in [4.69, 9.17) is 4.74 Å². The maximum atomic E-state index is 12.4. The molecule has 0 bridgehead atoms. The lowest BCUT2D eigenvalue weighted by Crippen LogP contribution is -2.29. The van der Waals surface area contributed by atoms with Gasteiger partial charge in [0.15, 0.2) is 0 Å². The van der Waals surface area contributed by atoms with Gasteiger partial charge in [-0.3, -0.25) is 9.10 Å². The smallest absolute Gasteiger partial charge is 0.251 e. The van der Waals surface area contributed by atoms with Gasteiger partial charge >= 0.3 is 0 Å². The second-order valence-corrected chi connectivity index (χ2v) is 8.95. The maximum absolute atomic E-state index is 12.4. The molecule has 1 N–H and O–H groups in total. The Morgan fingerprint density at radius 2 is 1.76 bits per heavy atom. The Morgan fingerprint density at radius 3 is 2.34 bits per heavy atom. The standard InChI is InChI=1S/C22H30N2O4S/c1-5-28-14-6-13-23-22(25)20-10-8-19(9-11-20)16-24(29(4,26)27)21-12-7-17(2)18(3)15-21/h7-12,15H,5-6,13-14,16H2,1-4H3,(H,23,25). The zero-order chi connectivity index (χ0) is 21.4. The predicted molar refractivity (Wildman–Crippen MR) is 117 cm³/mol. The zero-order valence-corrected chi connectivity index (χ0v) is 18.4. The van der Waals surface area contributed by atoms with Crippen molar-refractivity contribution in [2.75, 3.05) is 30.3 Å². The van der Waals surface area contributed by atoms with Gasteiger partial charge in [0.1, 0.15) is 0 Å². The van der Waals surface area contributed by atoms with E-state index in [0.717, 1.165) is 23.1 Å². The van der Waals surface area contributed by atoms with E-state index in [-0.39, 0.29) is 12.5 Å². The van der Waals surface area contributed by atoms with Crippen LogP contribution in [0.5, 0.6) is 0 Å². The minimum absolute atomic E-state index is 0.151. The van der Waals surface area contributed by atoms with Crippen molar-refractivity contribution in [1.29, 1.82) is 0 Å². The van der Waals surface area contributed by atoms with Crippen LogP contribution in [0.1, 0.15) is 40.4 Å². The molecule has 0 spiro atoms. The van der Waals surface area contributed by atoms with Gasteiger partial charge in [-0.15, -0.1) is 0 Å². The number of benzene rings is 2. The Morgan fingerprint density at radius 1 is 1.07 bits per heavy atom. The number of hydrogen-bond donors (Lipinski definition) is 1. The van der Waals surface area contributed by atoms with Crippen molar-refractivity contribution in [3.05, 3.63) is 64.7 Å². The molecule has 0 aromatic heterocycles. The molecular weight excluding hydrogens is 388 g/mol. The summed E-state index contributed by atoms with van der Waals surface area (Å²) in [6.45, 7) is 7.93. The molecule has 0 saturated carbocycles. The van der Waals surface area contributed by atoms with Crippen molar-refractivity contribution in [3.63, 3.8) is 0 Å². The fourth-order valence-corrected chi connectivity index (χ4v) is 3.71. The van der Waals surface area contributed by atoms with Gasteiger partial charge in [-0.1, -0.05) is 18.2 Å². The largest absolute Gasteiger partial charge is 0.382 e. The summed E-state index contributed by atoms with van der Waals surface area (Å²) < 4.78 is 31.3. The van der Waals surface area contributed by atoms with E-state index in [1.54, 1.807) is 24.3 Å². The Bertz CT molecular complexity index is 924. The summed E-state index contributed by atoms with van der Waals surface area (Å²) >= 11 is 0. The van der Waals surface area contributed by atoms with Gasteiger partial charge in [-0.25, -0.2) is 8.42 Å². The molecule has 158 valence electrons. The molecule has 0 aliphatic rings. The number of nitrogens with one attached hydrogen (secondary N) is 1. The van der Waals surface area contributed by atoms with Crippen LogP contribution < -0.4 is 9.62 Å². The van der Waals surface area contributed by atoms with Crippen LogP contribution in [-0.4, -0.2) is 40.3 Å². The first kappa shape index (κ1) is 22.9. The molecule has 2 rings (SSSR count). The lowest BCUT2D eigenvalue weighted by Gasteiger charge is -2.23. The molecule has 2 aromatic carbocycles. The monoisotopic (exact) mass is 418 g/mol. The molecule has 29 heavy (non-hydrogen) atoms. The van der Waals surface area contributed by atoms with Crippen molar-refractivity contribution >= 4 is 21.6 Å². The second-order valence-electron chi connectivity index (χ2n) is 7.04. The van der Waals surface area contributed by atoms with Crippen molar-refractivity contribution in [1.82, 2.24) is 5.32 Å². The van der Waals surface area contributed by atoms with E-state index in [1.165, 1.54) is 10.6 Å². The molecule has 6 nitrogen and oxygen atoms in total. The number of carbonyl (C=O) groups excluding carboxylic acids is 1. The van der Waals surface area contributed by atoms with Gasteiger partial charge < -0.3 is 10.1 Å². The predicted octanol–water partition coefficient (Wildman–Crippen LogP) is 3.43. The lowest BCUT2D eigenvalue weighted by atomic mass is 10.1. The maximum Gasteiger partial charge on any atom is 0.251 e. The molecule has 0 heterocycles. The Hall–Kier alpha value is -2.38. The highest BCUT2D eigenvalue weighted by Gasteiger charge is 2.18. The molecule has 0 aliphatic heterocycles. The normalized spacial score (nSPS) is 11.3. The average molecular weight is 419 g/mol. The van der Waals surface area contributed by atoms with Gasteiger partial charge in [0.25, 0.3) is 5.91 Å². The molecule has 1 amide bonds. The first-order chi connectivity index (χ1) is 13.7. The van der Waals surface area contributed by atoms with E-state index >= 15 is 0 Å². The Balaban J connectivity index is 2.07. The zero-order valence-electron chi connectivity index (χ0n) is 17.6. The summed E-state index contributed by atoms with van der Waals surface area (Å²) in [5.41, 5.74) is 4.13. The number of anilines is 1. The molecule has 7 heteroatoms. The number of ether oxygens (including phenoxy) is 1. The third-order valence-corrected chi connectivity index (χ3v) is 5.82. The molecular formula is C22H30N2O4S. The van der Waals surface area contributed by atoms with Gasteiger partial charge in [-0.2, -0.15) is 0 Å². The van der Waals surface area contributed by atoms with Crippen LogP contribution in [0.15, 0.2) is 42.5 Å². The SMILES string of the molecule is CCOCCCNC(=O)c1ccc(CN(c2ccc(C)c(C)c2)S(C)(=O)=O)cc1. The van der Waals surface area contributed by atoms with Crippen molar-refractivity contribution < 1.29 is 17.9 Å². The fourth-order valence-electron chi connectivity index (χ4n) is 2.83. The lowest BCUT2D eigenvalue weighted by molar-refractivity contribution is 0.0944. The Labute approximate surface area is 173 Å². The molecule has 0 fully saturated rings. The quantitative estimate of drug-likeness (QED) is 0.600. The van der Waals surface area contributed by atoms with Crippen molar-refractivity contribution in [2.45, 2.75) is 33.7 Å². The van der Waals surface area contributed by atoms with Crippen LogP contribution in [0.25, 0.3) is 0 Å². The molecule has 0 atom stereocenters. The van der Waals surface area contributed by atoms with Crippen LogP contribution in [0.3, 0.4) is 0 Å². The number of rotatable bonds is 10. The van der Waals surface area contributed by atoms with Crippen LogP contribution >= 0.6 is 0 Å². The summed E-state index contributed by atoms with van der Waals surface area (Å²) in [5, 5.41) is 2.85. The third kappa shape index (κ3) is 6.87. The highest BCUT2D eigenvalue weighted by atomic mass is 32.2. The molecule has 2 aromatic rings. The number of sulfonamides is 1. The van der Waals surface area contributed by atoms with Crippen molar-refractivity contribution in [2.24, 2.45) is 0 Å². The minimum Gasteiger partial charge on any atom is -0.382 e. The average Bonchev–Trinajstić information content (AvgIpc) is 2.67. The summed E-state index contributed by atoms with van der Waals surface area (Å²) in [5.74, 6) is -0.151. The van der Waals surface area contributed by atoms with Crippen LogP contribution in [0.2, 0.25) is 0 Å². The van der Waals surface area contributed by atoms with E-state index in [9.17, 15) is 13.2 Å². The summed E-state index contributed by atoms with van der Waals surface area (Å²) in [6, 6.07) is 12.6. The van der Waals surface area contributed by atoms with Crippen molar-refractivity contribution in [3.8, 4) is 0 Å². The summed E-state index contributed by atoms with van der Waals surface area (Å²) in [6.07, 6.45) is 1.96. The first-order valence-corrected chi connectivity index (χ1v) is 11.6. The molecule has 0 unspecified atom stereocenters. The highest BCUT2D eigenvalue weighted by Crippen LogP contribution is 2.23. The second kappa shape index (κ2) is 10.4. The number of amides is 1. The van der Waals surface area contributed by atoms with Gasteiger partial charge in [0, 0.05) is 25.3 Å². The van der Waals surface area contributed by atoms with E-state index in [1.807, 2.05) is 39.0 Å². The molecule has 0 aliphatic carbocycles. The fraction of sp³-hybridized carbons (Fsp3) is 0.409.